The fourth-order valence-corrected chi connectivity index (χ4v) is 1.34. The maximum Gasteiger partial charge on any atom is 0.257 e. The van der Waals surface area contributed by atoms with E-state index in [0.717, 1.165) is 0 Å². The fourth-order valence-electron chi connectivity index (χ4n) is 1.34. The molecule has 0 unspecified atom stereocenters. The first kappa shape index (κ1) is 8.86. The average Bonchev–Trinajstić information content (AvgIpc) is 2.49. The zero-order valence-corrected chi connectivity index (χ0v) is 7.19. The Morgan fingerprint density at radius 1 is 1.36 bits per heavy atom. The van der Waals surface area contributed by atoms with Crippen molar-refractivity contribution < 1.29 is 8.78 Å². The van der Waals surface area contributed by atoms with Crippen molar-refractivity contribution in [3.05, 3.63) is 18.6 Å². The third-order valence-corrected chi connectivity index (χ3v) is 1.88. The van der Waals surface area contributed by atoms with E-state index in [-0.39, 0.29) is 0 Å². The van der Waals surface area contributed by atoms with Crippen molar-refractivity contribution in [2.45, 2.75) is 13.0 Å². The summed E-state index contributed by atoms with van der Waals surface area (Å²) < 4.78 is 25.5. The minimum Gasteiger partial charge on any atom is -0.396 e. The molecule has 0 amide bonds. The van der Waals surface area contributed by atoms with E-state index in [1.54, 1.807) is 6.20 Å². The molecule has 74 valence electrons. The third-order valence-electron chi connectivity index (χ3n) is 1.88. The summed E-state index contributed by atoms with van der Waals surface area (Å²) in [6, 6.07) is 0. The monoisotopic (exact) mass is 198 g/mol. The molecule has 14 heavy (non-hydrogen) atoms. The van der Waals surface area contributed by atoms with Crippen LogP contribution in [0.15, 0.2) is 18.6 Å². The van der Waals surface area contributed by atoms with Gasteiger partial charge < -0.3 is 5.73 Å². The van der Waals surface area contributed by atoms with Crippen LogP contribution < -0.4 is 5.73 Å². The molecule has 0 spiro atoms. The molecule has 0 saturated heterocycles. The van der Waals surface area contributed by atoms with Gasteiger partial charge in [0.1, 0.15) is 6.54 Å². The number of nitrogens with two attached hydrogens (primary N) is 1. The Hall–Kier alpha value is -1.72. The van der Waals surface area contributed by atoms with Crippen molar-refractivity contribution in [1.82, 2.24) is 14.8 Å². The van der Waals surface area contributed by atoms with Crippen molar-refractivity contribution in [2.75, 3.05) is 5.73 Å². The van der Waals surface area contributed by atoms with Crippen LogP contribution in [-0.4, -0.2) is 21.2 Å². The lowest BCUT2D eigenvalue weighted by molar-refractivity contribution is 0.123. The van der Waals surface area contributed by atoms with Gasteiger partial charge in [-0.05, 0) is 0 Å². The Bertz CT molecular complexity index is 452. The van der Waals surface area contributed by atoms with Gasteiger partial charge in [0.2, 0.25) is 0 Å². The molecule has 2 aromatic rings. The van der Waals surface area contributed by atoms with Crippen molar-refractivity contribution in [1.29, 1.82) is 0 Å². The number of aromatic nitrogens is 3. The number of fused-ring (bicyclic) bond motifs is 1. The molecular formula is C8H8F2N4. The number of alkyl halides is 2. The summed E-state index contributed by atoms with van der Waals surface area (Å²) in [6.07, 6.45) is 2.00. The minimum absolute atomic E-state index is 0.362. The van der Waals surface area contributed by atoms with Crippen molar-refractivity contribution >= 4 is 16.6 Å². The van der Waals surface area contributed by atoms with Gasteiger partial charge in [-0.2, -0.15) is 5.10 Å². The molecule has 0 bridgehead atoms. The van der Waals surface area contributed by atoms with Crippen LogP contribution in [0.25, 0.3) is 10.9 Å². The van der Waals surface area contributed by atoms with E-state index in [2.05, 4.69) is 10.1 Å². The Morgan fingerprint density at radius 2 is 2.14 bits per heavy atom. The van der Waals surface area contributed by atoms with E-state index < -0.39 is 13.0 Å². The highest BCUT2D eigenvalue weighted by Gasteiger charge is 2.10. The molecule has 2 rings (SSSR count). The normalized spacial score (nSPS) is 11.4. The van der Waals surface area contributed by atoms with Crippen LogP contribution in [0, 0.1) is 0 Å². The highest BCUT2D eigenvalue weighted by Crippen LogP contribution is 2.19. The summed E-state index contributed by atoms with van der Waals surface area (Å²) >= 11 is 0. The highest BCUT2D eigenvalue weighted by molar-refractivity contribution is 5.88. The van der Waals surface area contributed by atoms with Gasteiger partial charge in [-0.3, -0.25) is 9.67 Å². The zero-order valence-electron chi connectivity index (χ0n) is 7.19. The molecule has 6 heteroatoms. The lowest BCUT2D eigenvalue weighted by Crippen LogP contribution is -2.08. The predicted molar refractivity (Wildman–Crippen MR) is 47.9 cm³/mol. The predicted octanol–water partition coefficient (Wildman–Crippen LogP) is 1.28. The molecule has 0 saturated carbocycles. The quantitative estimate of drug-likeness (QED) is 0.790. The first-order valence-electron chi connectivity index (χ1n) is 4.01. The van der Waals surface area contributed by atoms with Gasteiger partial charge in [-0.25, -0.2) is 8.78 Å². The average molecular weight is 198 g/mol. The van der Waals surface area contributed by atoms with E-state index in [4.69, 9.17) is 5.73 Å². The van der Waals surface area contributed by atoms with E-state index in [1.807, 2.05) is 0 Å². The Kier molecular flexibility index (Phi) is 2.03. The first-order chi connectivity index (χ1) is 6.68. The van der Waals surface area contributed by atoms with Crippen LogP contribution in [0.5, 0.6) is 0 Å². The Balaban J connectivity index is 2.55. The van der Waals surface area contributed by atoms with Gasteiger partial charge in [0, 0.05) is 11.6 Å². The number of rotatable bonds is 2. The number of pyridine rings is 1. The number of anilines is 1. The maximum atomic E-state index is 12.1. The summed E-state index contributed by atoms with van der Waals surface area (Å²) in [7, 11) is 0. The second kappa shape index (κ2) is 3.21. The van der Waals surface area contributed by atoms with Crippen LogP contribution in [0.1, 0.15) is 0 Å². The molecule has 0 aliphatic rings. The molecule has 2 N–H and O–H groups in total. The summed E-state index contributed by atoms with van der Waals surface area (Å²) in [5, 5.41) is 4.48. The highest BCUT2D eigenvalue weighted by atomic mass is 19.3. The summed E-state index contributed by atoms with van der Waals surface area (Å²) in [6.45, 7) is -0.447. The molecule has 2 heterocycles. The molecule has 0 radical (unpaired) electrons. The van der Waals surface area contributed by atoms with Crippen molar-refractivity contribution in [3.63, 3.8) is 0 Å². The molecular weight excluding hydrogens is 190 g/mol. The molecule has 0 aliphatic heterocycles. The van der Waals surface area contributed by atoms with Crippen molar-refractivity contribution in [3.8, 4) is 0 Å². The molecule has 0 fully saturated rings. The van der Waals surface area contributed by atoms with Crippen molar-refractivity contribution in [2.24, 2.45) is 0 Å². The zero-order chi connectivity index (χ0) is 10.1. The van der Waals surface area contributed by atoms with Crippen LogP contribution in [0.2, 0.25) is 0 Å². The van der Waals surface area contributed by atoms with E-state index in [9.17, 15) is 8.78 Å². The van der Waals surface area contributed by atoms with Gasteiger partial charge >= 0.3 is 0 Å². The molecule has 4 nitrogen and oxygen atoms in total. The molecule has 2 aromatic heterocycles. The third kappa shape index (κ3) is 1.39. The van der Waals surface area contributed by atoms with Crippen LogP contribution in [0.3, 0.4) is 0 Å². The van der Waals surface area contributed by atoms with E-state index in [1.165, 1.54) is 17.1 Å². The summed E-state index contributed by atoms with van der Waals surface area (Å²) in [5.41, 5.74) is 6.48. The van der Waals surface area contributed by atoms with Crippen LogP contribution in [0.4, 0.5) is 14.5 Å². The number of nitrogen functional groups attached to an aromatic ring is 1. The molecule has 0 aromatic carbocycles. The lowest BCUT2D eigenvalue weighted by atomic mass is 10.3. The van der Waals surface area contributed by atoms with Gasteiger partial charge in [-0.15, -0.1) is 0 Å². The number of halogens is 2. The van der Waals surface area contributed by atoms with E-state index >= 15 is 0 Å². The lowest BCUT2D eigenvalue weighted by Gasteiger charge is -2.03. The van der Waals surface area contributed by atoms with Gasteiger partial charge in [0.05, 0.1) is 23.6 Å². The molecule has 0 aliphatic carbocycles. The van der Waals surface area contributed by atoms with Gasteiger partial charge in [0.25, 0.3) is 6.43 Å². The number of hydrogen-bond donors (Lipinski definition) is 1. The van der Waals surface area contributed by atoms with Gasteiger partial charge in [0.15, 0.2) is 0 Å². The maximum absolute atomic E-state index is 12.1. The smallest absolute Gasteiger partial charge is 0.257 e. The topological polar surface area (TPSA) is 56.7 Å². The largest absolute Gasteiger partial charge is 0.396 e. The SMILES string of the molecule is Nc1cncc2cnn(CC(F)F)c12. The van der Waals surface area contributed by atoms with Crippen LogP contribution in [-0.2, 0) is 6.54 Å². The minimum atomic E-state index is -2.44. The number of nitrogens with zero attached hydrogens (tertiary/aromatic N) is 3. The second-order valence-electron chi connectivity index (χ2n) is 2.88. The van der Waals surface area contributed by atoms with E-state index in [0.29, 0.717) is 16.6 Å². The number of hydrogen-bond acceptors (Lipinski definition) is 3. The second-order valence-corrected chi connectivity index (χ2v) is 2.88. The fraction of sp³-hybridized carbons (Fsp3) is 0.250. The Labute approximate surface area is 78.3 Å². The Morgan fingerprint density at radius 3 is 2.86 bits per heavy atom. The summed E-state index contributed by atoms with van der Waals surface area (Å²) in [4.78, 5) is 3.84. The summed E-state index contributed by atoms with van der Waals surface area (Å²) in [5.74, 6) is 0. The van der Waals surface area contributed by atoms with Gasteiger partial charge in [-0.1, -0.05) is 0 Å². The van der Waals surface area contributed by atoms with Crippen LogP contribution >= 0.6 is 0 Å². The first-order valence-corrected chi connectivity index (χ1v) is 4.01. The standard InChI is InChI=1S/C8H8F2N4/c9-7(10)4-14-8-5(2-13-14)1-12-3-6(8)11/h1-3,7H,4,11H2. The molecule has 0 atom stereocenters.